The number of carboxylic acid groups (broad SMARTS) is 1. The third-order valence-electron chi connectivity index (χ3n) is 2.65. The van der Waals surface area contributed by atoms with Crippen LogP contribution in [-0.2, 0) is 4.74 Å². The Bertz CT molecular complexity index is 494. The fourth-order valence-corrected chi connectivity index (χ4v) is 2.19. The van der Waals surface area contributed by atoms with Crippen LogP contribution < -0.4 is 0 Å². The summed E-state index contributed by atoms with van der Waals surface area (Å²) in [4.78, 5) is 23.2. The maximum Gasteiger partial charge on any atom is 0.339 e. The second-order valence-electron chi connectivity index (χ2n) is 4.89. The van der Waals surface area contributed by atoms with Crippen LogP contribution in [0.3, 0.4) is 0 Å². The van der Waals surface area contributed by atoms with Crippen molar-refractivity contribution >= 4 is 27.9 Å². The molecule has 0 bridgehead atoms. The molecule has 0 aliphatic heterocycles. The fourth-order valence-electron chi connectivity index (χ4n) is 1.83. The van der Waals surface area contributed by atoms with Gasteiger partial charge in [-0.15, -0.1) is 0 Å². The maximum absolute atomic E-state index is 12.1. The molecular formula is C14H17BrO4. The molecule has 1 aromatic rings. The van der Waals surface area contributed by atoms with Crippen molar-refractivity contribution in [2.75, 3.05) is 0 Å². The van der Waals surface area contributed by atoms with E-state index in [4.69, 9.17) is 9.84 Å². The average molecular weight is 329 g/mol. The maximum atomic E-state index is 12.1. The summed E-state index contributed by atoms with van der Waals surface area (Å²) in [6, 6.07) is 4.47. The van der Waals surface area contributed by atoms with E-state index in [0.717, 1.165) is 12.8 Å². The summed E-state index contributed by atoms with van der Waals surface area (Å²) in [5.74, 6) is -1.76. The standard InChI is InChI=1S/C14H17BrO4/c1-4-7-14(2,3)19-13(18)10-6-5-9(15)8-11(10)12(16)17/h5-6,8H,4,7H2,1-3H3,(H,16,17). The van der Waals surface area contributed by atoms with Crippen molar-refractivity contribution in [2.45, 2.75) is 39.2 Å². The Kier molecular flexibility index (Phi) is 5.11. The van der Waals surface area contributed by atoms with Gasteiger partial charge in [0.2, 0.25) is 0 Å². The van der Waals surface area contributed by atoms with E-state index in [1.54, 1.807) is 6.07 Å². The molecule has 0 aliphatic rings. The van der Waals surface area contributed by atoms with Gasteiger partial charge in [0.05, 0.1) is 11.1 Å². The van der Waals surface area contributed by atoms with Gasteiger partial charge in [0.15, 0.2) is 0 Å². The number of hydrogen-bond acceptors (Lipinski definition) is 3. The molecule has 4 nitrogen and oxygen atoms in total. The van der Waals surface area contributed by atoms with Crippen molar-refractivity contribution in [2.24, 2.45) is 0 Å². The highest BCUT2D eigenvalue weighted by molar-refractivity contribution is 9.10. The van der Waals surface area contributed by atoms with Gasteiger partial charge in [0, 0.05) is 4.47 Å². The van der Waals surface area contributed by atoms with Crippen molar-refractivity contribution in [1.82, 2.24) is 0 Å². The highest BCUT2D eigenvalue weighted by Crippen LogP contribution is 2.22. The molecule has 0 spiro atoms. The Morgan fingerprint density at radius 1 is 1.32 bits per heavy atom. The number of carbonyl (C=O) groups is 2. The van der Waals surface area contributed by atoms with Gasteiger partial charge in [-0.25, -0.2) is 9.59 Å². The number of hydrogen-bond donors (Lipinski definition) is 1. The smallest absolute Gasteiger partial charge is 0.339 e. The summed E-state index contributed by atoms with van der Waals surface area (Å²) in [5, 5.41) is 9.11. The van der Waals surface area contributed by atoms with E-state index in [-0.39, 0.29) is 11.1 Å². The van der Waals surface area contributed by atoms with Gasteiger partial charge in [-0.3, -0.25) is 0 Å². The Morgan fingerprint density at radius 2 is 1.95 bits per heavy atom. The molecule has 0 radical (unpaired) electrons. The van der Waals surface area contributed by atoms with Crippen molar-refractivity contribution < 1.29 is 19.4 Å². The Morgan fingerprint density at radius 3 is 2.47 bits per heavy atom. The molecule has 0 fully saturated rings. The quantitative estimate of drug-likeness (QED) is 0.833. The van der Waals surface area contributed by atoms with Crippen LogP contribution in [0.5, 0.6) is 0 Å². The minimum Gasteiger partial charge on any atom is -0.478 e. The largest absolute Gasteiger partial charge is 0.478 e. The van der Waals surface area contributed by atoms with E-state index in [1.165, 1.54) is 12.1 Å². The zero-order valence-corrected chi connectivity index (χ0v) is 12.8. The Labute approximate surface area is 120 Å². The number of benzene rings is 1. The minimum absolute atomic E-state index is 0.0633. The predicted molar refractivity (Wildman–Crippen MR) is 75.5 cm³/mol. The van der Waals surface area contributed by atoms with Gasteiger partial charge in [0.1, 0.15) is 5.60 Å². The summed E-state index contributed by atoms with van der Waals surface area (Å²) in [7, 11) is 0. The highest BCUT2D eigenvalue weighted by Gasteiger charge is 2.25. The van der Waals surface area contributed by atoms with Crippen molar-refractivity contribution in [3.63, 3.8) is 0 Å². The number of carboxylic acids is 1. The fraction of sp³-hybridized carbons (Fsp3) is 0.429. The Balaban J connectivity index is 3.03. The first kappa shape index (κ1) is 15.7. The van der Waals surface area contributed by atoms with E-state index in [0.29, 0.717) is 4.47 Å². The molecule has 0 saturated heterocycles. The van der Waals surface area contributed by atoms with Gasteiger partial charge < -0.3 is 9.84 Å². The van der Waals surface area contributed by atoms with Crippen molar-refractivity contribution in [1.29, 1.82) is 0 Å². The van der Waals surface area contributed by atoms with Crippen LogP contribution in [-0.4, -0.2) is 22.6 Å². The third-order valence-corrected chi connectivity index (χ3v) is 3.15. The lowest BCUT2D eigenvalue weighted by molar-refractivity contribution is -0.00501. The van der Waals surface area contributed by atoms with Crippen LogP contribution in [0, 0.1) is 0 Å². The van der Waals surface area contributed by atoms with Crippen LogP contribution in [0.15, 0.2) is 22.7 Å². The second kappa shape index (κ2) is 6.19. The number of carbonyl (C=O) groups excluding carboxylic acids is 1. The number of rotatable bonds is 5. The van der Waals surface area contributed by atoms with E-state index >= 15 is 0 Å². The first-order valence-corrected chi connectivity index (χ1v) is 6.82. The topological polar surface area (TPSA) is 63.6 Å². The van der Waals surface area contributed by atoms with Crippen LogP contribution in [0.4, 0.5) is 0 Å². The van der Waals surface area contributed by atoms with Crippen molar-refractivity contribution in [3.8, 4) is 0 Å². The van der Waals surface area contributed by atoms with Crippen molar-refractivity contribution in [3.05, 3.63) is 33.8 Å². The number of halogens is 1. The number of esters is 1. The lowest BCUT2D eigenvalue weighted by Gasteiger charge is -2.24. The molecule has 0 aliphatic carbocycles. The van der Waals surface area contributed by atoms with Crippen LogP contribution in [0.25, 0.3) is 0 Å². The summed E-state index contributed by atoms with van der Waals surface area (Å²) >= 11 is 3.18. The molecule has 5 heteroatoms. The molecular weight excluding hydrogens is 312 g/mol. The molecule has 1 rings (SSSR count). The SMILES string of the molecule is CCCC(C)(C)OC(=O)c1ccc(Br)cc1C(=O)O. The monoisotopic (exact) mass is 328 g/mol. The number of aromatic carboxylic acids is 1. The molecule has 0 aromatic heterocycles. The zero-order valence-electron chi connectivity index (χ0n) is 11.2. The summed E-state index contributed by atoms with van der Waals surface area (Å²) in [6.45, 7) is 5.62. The summed E-state index contributed by atoms with van der Waals surface area (Å²) in [6.07, 6.45) is 1.60. The first-order chi connectivity index (χ1) is 8.76. The summed E-state index contributed by atoms with van der Waals surface area (Å²) in [5.41, 5.74) is -0.596. The van der Waals surface area contributed by atoms with Crippen LogP contribution in [0.1, 0.15) is 54.3 Å². The lowest BCUT2D eigenvalue weighted by atomic mass is 10.0. The number of ether oxygens (including phenoxy) is 1. The minimum atomic E-state index is -1.15. The lowest BCUT2D eigenvalue weighted by Crippen LogP contribution is -2.28. The molecule has 0 amide bonds. The molecule has 1 N–H and O–H groups in total. The highest BCUT2D eigenvalue weighted by atomic mass is 79.9. The third kappa shape index (κ3) is 4.35. The molecule has 0 saturated carbocycles. The normalized spacial score (nSPS) is 11.2. The molecule has 1 aromatic carbocycles. The van der Waals surface area contributed by atoms with E-state index in [9.17, 15) is 9.59 Å². The molecule has 0 heterocycles. The van der Waals surface area contributed by atoms with E-state index < -0.39 is 17.5 Å². The first-order valence-electron chi connectivity index (χ1n) is 6.03. The molecule has 104 valence electrons. The van der Waals surface area contributed by atoms with E-state index in [1.807, 2.05) is 20.8 Å². The summed E-state index contributed by atoms with van der Waals surface area (Å²) < 4.78 is 5.98. The predicted octanol–water partition coefficient (Wildman–Crippen LogP) is 3.88. The molecule has 0 unspecified atom stereocenters. The second-order valence-corrected chi connectivity index (χ2v) is 5.81. The van der Waals surface area contributed by atoms with Gasteiger partial charge >= 0.3 is 11.9 Å². The van der Waals surface area contributed by atoms with E-state index in [2.05, 4.69) is 15.9 Å². The average Bonchev–Trinajstić information content (AvgIpc) is 2.27. The molecule has 0 atom stereocenters. The van der Waals surface area contributed by atoms with Gasteiger partial charge in [-0.1, -0.05) is 29.3 Å². The zero-order chi connectivity index (χ0) is 14.6. The van der Waals surface area contributed by atoms with Gasteiger partial charge in [0.25, 0.3) is 0 Å². The van der Waals surface area contributed by atoms with Gasteiger partial charge in [-0.2, -0.15) is 0 Å². The van der Waals surface area contributed by atoms with Crippen LogP contribution in [0.2, 0.25) is 0 Å². The Hall–Kier alpha value is -1.36. The van der Waals surface area contributed by atoms with Crippen LogP contribution >= 0.6 is 15.9 Å². The van der Waals surface area contributed by atoms with Gasteiger partial charge in [-0.05, 0) is 38.5 Å². The molecule has 19 heavy (non-hydrogen) atoms.